The van der Waals surface area contributed by atoms with Crippen LogP contribution in [0.3, 0.4) is 0 Å². The number of pyridine rings is 1. The molecule has 0 atom stereocenters. The molecule has 1 aliphatic heterocycles. The predicted octanol–water partition coefficient (Wildman–Crippen LogP) is 2.44. The van der Waals surface area contributed by atoms with Gasteiger partial charge >= 0.3 is 0 Å². The molecule has 5 nitrogen and oxygen atoms in total. The van der Waals surface area contributed by atoms with Crippen molar-refractivity contribution in [2.45, 2.75) is 13.0 Å². The lowest BCUT2D eigenvalue weighted by Crippen LogP contribution is -2.50. The van der Waals surface area contributed by atoms with E-state index in [4.69, 9.17) is 0 Å². The van der Waals surface area contributed by atoms with E-state index in [1.807, 2.05) is 48.4 Å². The zero-order chi connectivity index (χ0) is 15.1. The molecule has 1 fully saturated rings. The van der Waals surface area contributed by atoms with Crippen molar-refractivity contribution in [3.05, 3.63) is 60.3 Å². The molecule has 22 heavy (non-hydrogen) atoms. The second-order valence-electron chi connectivity index (χ2n) is 5.66. The van der Waals surface area contributed by atoms with Crippen molar-refractivity contribution in [2.24, 2.45) is 0 Å². The molecule has 0 radical (unpaired) electrons. The maximum absolute atomic E-state index is 12.6. The van der Waals surface area contributed by atoms with E-state index in [2.05, 4.69) is 14.5 Å². The summed E-state index contributed by atoms with van der Waals surface area (Å²) >= 11 is 0. The van der Waals surface area contributed by atoms with Crippen molar-refractivity contribution < 1.29 is 4.79 Å². The van der Waals surface area contributed by atoms with Crippen molar-refractivity contribution in [1.29, 1.82) is 0 Å². The standard InChI is InChI=1S/C17H16N4O/c1-12-18-7-8-21(12)15-10-20(11-15)17(22)14-4-5-16-13(9-14)3-2-6-19-16/h2-9,15H,10-11H2,1H3. The zero-order valence-electron chi connectivity index (χ0n) is 12.3. The fraction of sp³-hybridized carbons (Fsp3) is 0.235. The summed E-state index contributed by atoms with van der Waals surface area (Å²) in [7, 11) is 0. The number of hydrogen-bond acceptors (Lipinski definition) is 3. The van der Waals surface area contributed by atoms with Gasteiger partial charge < -0.3 is 9.47 Å². The normalized spacial score (nSPS) is 15.0. The maximum Gasteiger partial charge on any atom is 0.254 e. The molecule has 1 saturated heterocycles. The molecule has 3 heterocycles. The van der Waals surface area contributed by atoms with Crippen LogP contribution in [0.2, 0.25) is 0 Å². The van der Waals surface area contributed by atoms with Gasteiger partial charge in [0.2, 0.25) is 0 Å². The van der Waals surface area contributed by atoms with Crippen LogP contribution in [0.5, 0.6) is 0 Å². The molecule has 1 amide bonds. The maximum atomic E-state index is 12.6. The van der Waals surface area contributed by atoms with Crippen LogP contribution >= 0.6 is 0 Å². The van der Waals surface area contributed by atoms with Crippen LogP contribution in [-0.2, 0) is 0 Å². The van der Waals surface area contributed by atoms with Gasteiger partial charge in [-0.25, -0.2) is 4.98 Å². The van der Waals surface area contributed by atoms with Gasteiger partial charge in [-0.05, 0) is 31.2 Å². The monoisotopic (exact) mass is 292 g/mol. The van der Waals surface area contributed by atoms with Crippen molar-refractivity contribution in [3.8, 4) is 0 Å². The molecule has 1 aromatic carbocycles. The predicted molar refractivity (Wildman–Crippen MR) is 83.6 cm³/mol. The highest BCUT2D eigenvalue weighted by Gasteiger charge is 2.32. The summed E-state index contributed by atoms with van der Waals surface area (Å²) in [6.45, 7) is 3.46. The topological polar surface area (TPSA) is 51.0 Å². The second-order valence-corrected chi connectivity index (χ2v) is 5.66. The summed E-state index contributed by atoms with van der Waals surface area (Å²) in [6, 6.07) is 9.88. The van der Waals surface area contributed by atoms with Gasteiger partial charge in [-0.1, -0.05) is 6.07 Å². The van der Waals surface area contributed by atoms with E-state index in [-0.39, 0.29) is 5.91 Å². The quantitative estimate of drug-likeness (QED) is 0.729. The van der Waals surface area contributed by atoms with E-state index in [0.717, 1.165) is 35.4 Å². The zero-order valence-corrected chi connectivity index (χ0v) is 12.3. The van der Waals surface area contributed by atoms with Crippen LogP contribution in [0, 0.1) is 6.92 Å². The third-order valence-corrected chi connectivity index (χ3v) is 4.26. The smallest absolute Gasteiger partial charge is 0.254 e. The molecule has 3 aromatic rings. The van der Waals surface area contributed by atoms with Gasteiger partial charge in [0.25, 0.3) is 5.91 Å². The van der Waals surface area contributed by atoms with Gasteiger partial charge in [0.1, 0.15) is 5.82 Å². The molecule has 0 aliphatic carbocycles. The van der Waals surface area contributed by atoms with Crippen LogP contribution in [0.25, 0.3) is 10.9 Å². The molecule has 5 heteroatoms. The Balaban J connectivity index is 1.51. The number of rotatable bonds is 2. The van der Waals surface area contributed by atoms with E-state index in [9.17, 15) is 4.79 Å². The highest BCUT2D eigenvalue weighted by Crippen LogP contribution is 2.25. The van der Waals surface area contributed by atoms with Crippen LogP contribution in [0.1, 0.15) is 22.2 Å². The second kappa shape index (κ2) is 4.94. The molecular formula is C17H16N4O. The molecule has 4 rings (SSSR count). The first-order valence-electron chi connectivity index (χ1n) is 7.36. The van der Waals surface area contributed by atoms with Gasteiger partial charge in [-0.15, -0.1) is 0 Å². The Morgan fingerprint density at radius 2 is 2.05 bits per heavy atom. The summed E-state index contributed by atoms with van der Waals surface area (Å²) in [4.78, 5) is 22.9. The lowest BCUT2D eigenvalue weighted by Gasteiger charge is -2.40. The minimum Gasteiger partial charge on any atom is -0.334 e. The van der Waals surface area contributed by atoms with Gasteiger partial charge in [0.05, 0.1) is 11.6 Å². The van der Waals surface area contributed by atoms with Gasteiger partial charge in [0.15, 0.2) is 0 Å². The first-order chi connectivity index (χ1) is 10.7. The van der Waals surface area contributed by atoms with Crippen LogP contribution in [0.4, 0.5) is 0 Å². The molecule has 110 valence electrons. The van der Waals surface area contributed by atoms with Crippen LogP contribution in [-0.4, -0.2) is 38.4 Å². The van der Waals surface area contributed by atoms with E-state index < -0.39 is 0 Å². The Hall–Kier alpha value is -2.69. The third kappa shape index (κ3) is 2.06. The minimum atomic E-state index is 0.0831. The number of aromatic nitrogens is 3. The summed E-state index contributed by atoms with van der Waals surface area (Å²) < 4.78 is 2.13. The molecular weight excluding hydrogens is 276 g/mol. The lowest BCUT2D eigenvalue weighted by molar-refractivity contribution is 0.0517. The molecule has 0 bridgehead atoms. The highest BCUT2D eigenvalue weighted by molar-refractivity contribution is 5.98. The van der Waals surface area contributed by atoms with E-state index in [1.54, 1.807) is 12.4 Å². The Bertz CT molecular complexity index is 848. The lowest BCUT2D eigenvalue weighted by atomic mass is 10.0. The van der Waals surface area contributed by atoms with Crippen LogP contribution in [0.15, 0.2) is 48.9 Å². The summed E-state index contributed by atoms with van der Waals surface area (Å²) in [5, 5.41) is 0.996. The number of nitrogens with zero attached hydrogens (tertiary/aromatic N) is 4. The van der Waals surface area contributed by atoms with Gasteiger partial charge in [0, 0.05) is 42.6 Å². The third-order valence-electron chi connectivity index (χ3n) is 4.26. The van der Waals surface area contributed by atoms with Crippen molar-refractivity contribution >= 4 is 16.8 Å². The number of fused-ring (bicyclic) bond motifs is 1. The molecule has 0 unspecified atom stereocenters. The van der Waals surface area contributed by atoms with Crippen molar-refractivity contribution in [1.82, 2.24) is 19.4 Å². The molecule has 0 saturated carbocycles. The fourth-order valence-corrected chi connectivity index (χ4v) is 2.96. The molecule has 0 spiro atoms. The summed E-state index contributed by atoms with van der Waals surface area (Å²) in [5.74, 6) is 1.08. The first-order valence-corrected chi connectivity index (χ1v) is 7.36. The Labute approximate surface area is 128 Å². The summed E-state index contributed by atoms with van der Waals surface area (Å²) in [5.41, 5.74) is 1.64. The Morgan fingerprint density at radius 1 is 1.18 bits per heavy atom. The number of hydrogen-bond donors (Lipinski definition) is 0. The van der Waals surface area contributed by atoms with Crippen molar-refractivity contribution in [3.63, 3.8) is 0 Å². The highest BCUT2D eigenvalue weighted by atomic mass is 16.2. The van der Waals surface area contributed by atoms with Gasteiger partial charge in [-0.3, -0.25) is 9.78 Å². The molecule has 2 aromatic heterocycles. The molecule has 0 N–H and O–H groups in total. The first kappa shape index (κ1) is 13.0. The van der Waals surface area contributed by atoms with Crippen molar-refractivity contribution in [2.75, 3.05) is 13.1 Å². The van der Waals surface area contributed by atoms with E-state index >= 15 is 0 Å². The number of benzene rings is 1. The fourth-order valence-electron chi connectivity index (χ4n) is 2.96. The van der Waals surface area contributed by atoms with Gasteiger partial charge in [-0.2, -0.15) is 0 Å². The van der Waals surface area contributed by atoms with E-state index in [1.165, 1.54) is 0 Å². The Morgan fingerprint density at radius 3 is 2.82 bits per heavy atom. The Kier molecular flexibility index (Phi) is 2.92. The van der Waals surface area contributed by atoms with Crippen LogP contribution < -0.4 is 0 Å². The number of imidazole rings is 1. The number of carbonyl (C=O) groups is 1. The average molecular weight is 292 g/mol. The average Bonchev–Trinajstić information content (AvgIpc) is 2.91. The molecule has 1 aliphatic rings. The SMILES string of the molecule is Cc1nccn1C1CN(C(=O)c2ccc3ncccc3c2)C1. The largest absolute Gasteiger partial charge is 0.334 e. The minimum absolute atomic E-state index is 0.0831. The number of likely N-dealkylation sites (tertiary alicyclic amines) is 1. The van der Waals surface area contributed by atoms with E-state index in [0.29, 0.717) is 6.04 Å². The number of carbonyl (C=O) groups excluding carboxylic acids is 1. The number of amides is 1. The number of aryl methyl sites for hydroxylation is 1. The summed E-state index contributed by atoms with van der Waals surface area (Å²) in [6.07, 6.45) is 5.54.